The first-order valence-corrected chi connectivity index (χ1v) is 7.14. The summed E-state index contributed by atoms with van der Waals surface area (Å²) in [6.45, 7) is 12.3. The van der Waals surface area contributed by atoms with E-state index in [1.165, 1.54) is 17.7 Å². The number of hydrogen-bond donors (Lipinski definition) is 1. The van der Waals surface area contributed by atoms with Crippen molar-refractivity contribution in [1.29, 1.82) is 0 Å². The largest absolute Gasteiger partial charge is 0.313 e. The fourth-order valence-corrected chi connectivity index (χ4v) is 2.00. The Morgan fingerprint density at radius 3 is 2.39 bits per heavy atom. The van der Waals surface area contributed by atoms with Gasteiger partial charge in [0.1, 0.15) is 0 Å². The van der Waals surface area contributed by atoms with Crippen LogP contribution in [0, 0.1) is 5.41 Å². The van der Waals surface area contributed by atoms with E-state index < -0.39 is 0 Å². The summed E-state index contributed by atoms with van der Waals surface area (Å²) in [6, 6.07) is 4.85. The van der Waals surface area contributed by atoms with Crippen LogP contribution < -0.4 is 5.32 Å². The van der Waals surface area contributed by atoms with Gasteiger partial charge in [-0.05, 0) is 36.4 Å². The average Bonchev–Trinajstić information content (AvgIpc) is 2.34. The fraction of sp³-hybridized carbons (Fsp3) is 0.688. The highest BCUT2D eigenvalue weighted by atomic mass is 14.9. The lowest BCUT2D eigenvalue weighted by atomic mass is 9.84. The smallest absolute Gasteiger partial charge is 0.0419 e. The number of aryl methyl sites for hydroxylation is 1. The summed E-state index contributed by atoms with van der Waals surface area (Å²) < 4.78 is 0. The predicted molar refractivity (Wildman–Crippen MR) is 78.9 cm³/mol. The number of aromatic nitrogens is 1. The van der Waals surface area contributed by atoms with Gasteiger partial charge in [-0.3, -0.25) is 4.98 Å². The Hall–Kier alpha value is -0.890. The summed E-state index contributed by atoms with van der Waals surface area (Å²) >= 11 is 0. The van der Waals surface area contributed by atoms with Gasteiger partial charge in [0.2, 0.25) is 0 Å². The van der Waals surface area contributed by atoms with Crippen molar-refractivity contribution >= 4 is 0 Å². The molecule has 0 spiro atoms. The van der Waals surface area contributed by atoms with Crippen molar-refractivity contribution in [3.63, 3.8) is 0 Å². The van der Waals surface area contributed by atoms with Crippen LogP contribution in [0.4, 0.5) is 0 Å². The molecule has 18 heavy (non-hydrogen) atoms. The zero-order valence-corrected chi connectivity index (χ0v) is 12.6. The molecular formula is C16H28N2. The molecule has 0 saturated heterocycles. The summed E-state index contributed by atoms with van der Waals surface area (Å²) in [5.41, 5.74) is 2.77. The molecule has 1 N–H and O–H groups in total. The molecule has 0 aliphatic heterocycles. The molecule has 102 valence electrons. The molecule has 2 heteroatoms. The van der Waals surface area contributed by atoms with E-state index in [-0.39, 0.29) is 5.41 Å². The molecule has 0 fully saturated rings. The summed E-state index contributed by atoms with van der Waals surface area (Å²) in [7, 11) is 0. The van der Waals surface area contributed by atoms with E-state index in [0.29, 0.717) is 6.04 Å². The van der Waals surface area contributed by atoms with Crippen LogP contribution in [0.15, 0.2) is 18.3 Å². The Bertz CT molecular complexity index is 335. The van der Waals surface area contributed by atoms with E-state index in [9.17, 15) is 0 Å². The molecule has 1 heterocycles. The third-order valence-electron chi connectivity index (χ3n) is 3.39. The van der Waals surface area contributed by atoms with E-state index in [1.807, 2.05) is 6.20 Å². The lowest BCUT2D eigenvalue weighted by Gasteiger charge is -2.31. The molecular weight excluding hydrogens is 220 g/mol. The van der Waals surface area contributed by atoms with Gasteiger partial charge in [0.05, 0.1) is 0 Å². The quantitative estimate of drug-likeness (QED) is 0.832. The Morgan fingerprint density at radius 2 is 1.94 bits per heavy atom. The molecule has 2 nitrogen and oxygen atoms in total. The van der Waals surface area contributed by atoms with Crippen molar-refractivity contribution < 1.29 is 0 Å². The van der Waals surface area contributed by atoms with Crippen molar-refractivity contribution in [2.45, 2.75) is 59.9 Å². The normalized spacial score (nSPS) is 13.6. The fourth-order valence-electron chi connectivity index (χ4n) is 2.00. The van der Waals surface area contributed by atoms with Gasteiger partial charge in [0.15, 0.2) is 0 Å². The first-order valence-electron chi connectivity index (χ1n) is 7.14. The zero-order chi connectivity index (χ0) is 13.6. The maximum absolute atomic E-state index is 4.57. The molecule has 0 amide bonds. The average molecular weight is 248 g/mol. The SMILES string of the molecule is CCCNC(Cc1ccc(CC)cn1)C(C)(C)C. The van der Waals surface area contributed by atoms with E-state index in [1.54, 1.807) is 0 Å². The molecule has 0 radical (unpaired) electrons. The third kappa shape index (κ3) is 4.77. The molecule has 0 aliphatic rings. The Kier molecular flexibility index (Phi) is 5.80. The van der Waals surface area contributed by atoms with Gasteiger partial charge in [-0.2, -0.15) is 0 Å². The van der Waals surface area contributed by atoms with Gasteiger partial charge < -0.3 is 5.32 Å². The van der Waals surface area contributed by atoms with Crippen molar-refractivity contribution in [1.82, 2.24) is 10.3 Å². The topological polar surface area (TPSA) is 24.9 Å². The first kappa shape index (κ1) is 15.2. The van der Waals surface area contributed by atoms with Gasteiger partial charge in [0.25, 0.3) is 0 Å². The zero-order valence-electron chi connectivity index (χ0n) is 12.6. The summed E-state index contributed by atoms with van der Waals surface area (Å²) in [5.74, 6) is 0. The maximum Gasteiger partial charge on any atom is 0.0419 e. The number of rotatable bonds is 6. The van der Waals surface area contributed by atoms with Gasteiger partial charge in [-0.25, -0.2) is 0 Å². The van der Waals surface area contributed by atoms with E-state index >= 15 is 0 Å². The second-order valence-electron chi connectivity index (χ2n) is 6.09. The van der Waals surface area contributed by atoms with E-state index in [2.05, 4.69) is 57.1 Å². The van der Waals surface area contributed by atoms with Crippen LogP contribution in [-0.4, -0.2) is 17.6 Å². The van der Waals surface area contributed by atoms with E-state index in [4.69, 9.17) is 0 Å². The van der Waals surface area contributed by atoms with Crippen LogP contribution >= 0.6 is 0 Å². The molecule has 1 rings (SSSR count). The third-order valence-corrected chi connectivity index (χ3v) is 3.39. The number of pyridine rings is 1. The predicted octanol–water partition coefficient (Wildman–Crippen LogP) is 3.60. The first-order chi connectivity index (χ1) is 8.47. The monoisotopic (exact) mass is 248 g/mol. The molecule has 0 bridgehead atoms. The molecule has 1 unspecified atom stereocenters. The number of nitrogens with zero attached hydrogens (tertiary/aromatic N) is 1. The minimum Gasteiger partial charge on any atom is -0.313 e. The molecule has 0 saturated carbocycles. The van der Waals surface area contributed by atoms with Crippen LogP contribution in [0.3, 0.4) is 0 Å². The highest BCUT2D eigenvalue weighted by Crippen LogP contribution is 2.22. The second-order valence-corrected chi connectivity index (χ2v) is 6.09. The Balaban J connectivity index is 2.69. The van der Waals surface area contributed by atoms with Crippen LogP contribution in [0.5, 0.6) is 0 Å². The highest BCUT2D eigenvalue weighted by molar-refractivity contribution is 5.15. The van der Waals surface area contributed by atoms with Crippen LogP contribution in [0.2, 0.25) is 0 Å². The lowest BCUT2D eigenvalue weighted by molar-refractivity contribution is 0.265. The summed E-state index contributed by atoms with van der Waals surface area (Å²) in [4.78, 5) is 4.57. The lowest BCUT2D eigenvalue weighted by Crippen LogP contribution is -2.42. The van der Waals surface area contributed by atoms with Crippen molar-refractivity contribution in [2.75, 3.05) is 6.54 Å². The summed E-state index contributed by atoms with van der Waals surface area (Å²) in [6.07, 6.45) is 5.25. The van der Waals surface area contributed by atoms with Crippen molar-refractivity contribution in [2.24, 2.45) is 5.41 Å². The van der Waals surface area contributed by atoms with Crippen LogP contribution in [0.1, 0.15) is 52.3 Å². The molecule has 1 aromatic rings. The standard InChI is InChI=1S/C16H28N2/c1-6-10-17-15(16(3,4)5)11-14-9-8-13(7-2)12-18-14/h8-9,12,15,17H,6-7,10-11H2,1-5H3. The van der Waals surface area contributed by atoms with Gasteiger partial charge in [-0.15, -0.1) is 0 Å². The van der Waals surface area contributed by atoms with Crippen molar-refractivity contribution in [3.8, 4) is 0 Å². The van der Waals surface area contributed by atoms with Crippen molar-refractivity contribution in [3.05, 3.63) is 29.6 Å². The van der Waals surface area contributed by atoms with Gasteiger partial charge >= 0.3 is 0 Å². The second kappa shape index (κ2) is 6.89. The summed E-state index contributed by atoms with van der Waals surface area (Å²) in [5, 5.41) is 3.65. The van der Waals surface area contributed by atoms with E-state index in [0.717, 1.165) is 19.4 Å². The Morgan fingerprint density at radius 1 is 1.22 bits per heavy atom. The molecule has 0 aromatic carbocycles. The molecule has 1 atom stereocenters. The minimum atomic E-state index is 0.264. The maximum atomic E-state index is 4.57. The minimum absolute atomic E-state index is 0.264. The number of hydrogen-bond acceptors (Lipinski definition) is 2. The molecule has 0 aliphatic carbocycles. The number of nitrogens with one attached hydrogen (secondary N) is 1. The van der Waals surface area contributed by atoms with Gasteiger partial charge in [-0.1, -0.05) is 40.7 Å². The molecule has 1 aromatic heterocycles. The Labute approximate surface area is 112 Å². The van der Waals surface area contributed by atoms with Gasteiger partial charge in [0, 0.05) is 24.4 Å². The van der Waals surface area contributed by atoms with Crippen LogP contribution in [-0.2, 0) is 12.8 Å². The van der Waals surface area contributed by atoms with Crippen LogP contribution in [0.25, 0.3) is 0 Å². The highest BCUT2D eigenvalue weighted by Gasteiger charge is 2.24.